The van der Waals surface area contributed by atoms with Crippen LogP contribution < -0.4 is 11.2 Å². The van der Waals surface area contributed by atoms with E-state index in [2.05, 4.69) is 22.6 Å². The molecule has 0 bridgehead atoms. The fourth-order valence-electron chi connectivity index (χ4n) is 1.95. The van der Waals surface area contributed by atoms with Gasteiger partial charge < -0.3 is 15.0 Å². The van der Waals surface area contributed by atoms with Crippen LogP contribution in [0.4, 0.5) is 0 Å². The Morgan fingerprint density at radius 3 is 3.06 bits per heavy atom. The monoisotopic (exact) mass is 347 g/mol. The Kier molecular flexibility index (Phi) is 3.82. The predicted octanol–water partition coefficient (Wildman–Crippen LogP) is 0.850. The van der Waals surface area contributed by atoms with Gasteiger partial charge >= 0.3 is 0 Å². The van der Waals surface area contributed by atoms with Crippen molar-refractivity contribution in [2.45, 2.75) is 25.5 Å². The van der Waals surface area contributed by atoms with Crippen LogP contribution in [0.5, 0.6) is 0 Å². The minimum atomic E-state index is -0.561. The van der Waals surface area contributed by atoms with Gasteiger partial charge in [-0.3, -0.25) is 10.2 Å². The van der Waals surface area contributed by atoms with Crippen molar-refractivity contribution in [2.75, 3.05) is 6.61 Å². The van der Waals surface area contributed by atoms with Gasteiger partial charge in [0.05, 0.1) is 18.2 Å². The molecule has 6 heteroatoms. The van der Waals surface area contributed by atoms with Crippen molar-refractivity contribution in [3.8, 4) is 0 Å². The first-order valence-electron chi connectivity index (χ1n) is 5.44. The largest absolute Gasteiger partial charge is 0.376 e. The number of pyridine rings is 1. The summed E-state index contributed by atoms with van der Waals surface area (Å²) in [6.07, 6.45) is 4.05. The molecule has 1 saturated heterocycles. The molecule has 1 aromatic rings. The molecule has 0 radical (unpaired) electrons. The predicted molar refractivity (Wildman–Crippen MR) is 70.5 cm³/mol. The molecule has 92 valence electrons. The van der Waals surface area contributed by atoms with E-state index in [0.717, 1.165) is 23.0 Å². The molecule has 1 fully saturated rings. The molecule has 1 aliphatic heterocycles. The number of carbonyl (C=O) groups is 1. The fraction of sp³-hybridized carbons (Fsp3) is 0.455. The lowest BCUT2D eigenvalue weighted by Crippen LogP contribution is -2.32. The molecule has 0 aromatic carbocycles. The molecule has 1 aromatic heterocycles. The molecule has 0 spiro atoms. The van der Waals surface area contributed by atoms with Gasteiger partial charge in [0.2, 0.25) is 0 Å². The molecule has 17 heavy (non-hydrogen) atoms. The number of carbonyl (C=O) groups excluding carboxylic acids is 1. The van der Waals surface area contributed by atoms with Gasteiger partial charge in [-0.1, -0.05) is 0 Å². The highest BCUT2D eigenvalue weighted by Crippen LogP contribution is 2.14. The lowest BCUT2D eigenvalue weighted by molar-refractivity contribution is 0.0944. The van der Waals surface area contributed by atoms with Crippen molar-refractivity contribution < 1.29 is 9.53 Å². The maximum atomic E-state index is 11.2. The third-order valence-corrected chi connectivity index (χ3v) is 3.38. The first-order valence-corrected chi connectivity index (χ1v) is 6.52. The van der Waals surface area contributed by atoms with Gasteiger partial charge in [-0.05, 0) is 41.5 Å². The van der Waals surface area contributed by atoms with E-state index in [1.807, 2.05) is 6.20 Å². The first kappa shape index (κ1) is 12.6. The van der Waals surface area contributed by atoms with Crippen molar-refractivity contribution >= 4 is 28.5 Å². The van der Waals surface area contributed by atoms with Crippen LogP contribution in [-0.2, 0) is 11.3 Å². The molecule has 0 saturated carbocycles. The van der Waals surface area contributed by atoms with Gasteiger partial charge in [0.25, 0.3) is 5.91 Å². The van der Waals surface area contributed by atoms with Gasteiger partial charge in [-0.2, -0.15) is 0 Å². The summed E-state index contributed by atoms with van der Waals surface area (Å²) in [6, 6.07) is 1.64. The average Bonchev–Trinajstić information content (AvgIpc) is 2.75. The standard InChI is InChI=1S/C11H14IN3O2/c12-7-4-9(11(14)16)10(13)15(5-7)6-8-2-1-3-17-8/h4-5,8,13H,1-3,6H2,(H2,14,16). The summed E-state index contributed by atoms with van der Waals surface area (Å²) in [6.45, 7) is 1.39. The molecule has 3 N–H and O–H groups in total. The number of primary amides is 1. The highest BCUT2D eigenvalue weighted by Gasteiger charge is 2.17. The summed E-state index contributed by atoms with van der Waals surface area (Å²) in [5.74, 6) is -0.561. The smallest absolute Gasteiger partial charge is 0.252 e. The van der Waals surface area contributed by atoms with E-state index in [4.69, 9.17) is 15.9 Å². The molecular formula is C11H14IN3O2. The van der Waals surface area contributed by atoms with Crippen molar-refractivity contribution in [3.63, 3.8) is 0 Å². The maximum absolute atomic E-state index is 11.2. The van der Waals surface area contributed by atoms with E-state index < -0.39 is 5.91 Å². The normalized spacial score (nSPS) is 19.5. The molecule has 1 unspecified atom stereocenters. The van der Waals surface area contributed by atoms with Crippen molar-refractivity contribution in [3.05, 3.63) is 26.9 Å². The van der Waals surface area contributed by atoms with Crippen molar-refractivity contribution in [1.82, 2.24) is 4.57 Å². The van der Waals surface area contributed by atoms with Crippen LogP contribution in [0.15, 0.2) is 12.3 Å². The maximum Gasteiger partial charge on any atom is 0.252 e. The van der Waals surface area contributed by atoms with E-state index in [1.54, 1.807) is 10.6 Å². The molecule has 1 amide bonds. The van der Waals surface area contributed by atoms with Gasteiger partial charge in [0.1, 0.15) is 5.49 Å². The fourth-order valence-corrected chi connectivity index (χ4v) is 2.60. The van der Waals surface area contributed by atoms with Crippen LogP contribution in [0.3, 0.4) is 0 Å². The van der Waals surface area contributed by atoms with E-state index in [9.17, 15) is 4.79 Å². The van der Waals surface area contributed by atoms with E-state index in [1.165, 1.54) is 0 Å². The van der Waals surface area contributed by atoms with Crippen molar-refractivity contribution in [2.24, 2.45) is 5.73 Å². The average molecular weight is 347 g/mol. The molecule has 5 nitrogen and oxygen atoms in total. The number of nitrogens with one attached hydrogen (secondary N) is 1. The highest BCUT2D eigenvalue weighted by atomic mass is 127. The zero-order valence-corrected chi connectivity index (χ0v) is 11.4. The van der Waals surface area contributed by atoms with E-state index in [0.29, 0.717) is 6.54 Å². The van der Waals surface area contributed by atoms with Crippen LogP contribution in [0.25, 0.3) is 0 Å². The molecule has 0 aliphatic carbocycles. The molecule has 2 heterocycles. The van der Waals surface area contributed by atoms with Gasteiger partial charge in [-0.25, -0.2) is 0 Å². The van der Waals surface area contributed by atoms with Gasteiger partial charge in [0, 0.05) is 16.4 Å². The number of rotatable bonds is 3. The Morgan fingerprint density at radius 2 is 2.47 bits per heavy atom. The van der Waals surface area contributed by atoms with Crippen molar-refractivity contribution in [1.29, 1.82) is 5.41 Å². The first-order chi connectivity index (χ1) is 8.08. The lowest BCUT2D eigenvalue weighted by Gasteiger charge is -2.14. The lowest BCUT2D eigenvalue weighted by atomic mass is 10.2. The molecule has 1 aliphatic rings. The second-order valence-corrected chi connectivity index (χ2v) is 5.32. The van der Waals surface area contributed by atoms with Crippen LogP contribution >= 0.6 is 22.6 Å². The number of ether oxygens (including phenoxy) is 1. The molecular weight excluding hydrogens is 333 g/mol. The second kappa shape index (κ2) is 5.18. The Labute approximate surface area is 113 Å². The summed E-state index contributed by atoms with van der Waals surface area (Å²) in [7, 11) is 0. The minimum absolute atomic E-state index is 0.142. The number of aromatic nitrogens is 1. The van der Waals surface area contributed by atoms with Gasteiger partial charge in [0.15, 0.2) is 0 Å². The number of nitrogens with zero attached hydrogens (tertiary/aromatic N) is 1. The Hall–Kier alpha value is -0.890. The Morgan fingerprint density at radius 1 is 1.71 bits per heavy atom. The number of amides is 1. The highest BCUT2D eigenvalue weighted by molar-refractivity contribution is 14.1. The summed E-state index contributed by atoms with van der Waals surface area (Å²) in [5.41, 5.74) is 5.67. The summed E-state index contributed by atoms with van der Waals surface area (Å²) >= 11 is 2.11. The Balaban J connectivity index is 2.32. The molecule has 2 rings (SSSR count). The number of hydrogen-bond donors (Lipinski definition) is 2. The van der Waals surface area contributed by atoms with E-state index >= 15 is 0 Å². The summed E-state index contributed by atoms with van der Waals surface area (Å²) in [5, 5.41) is 7.94. The summed E-state index contributed by atoms with van der Waals surface area (Å²) in [4.78, 5) is 11.2. The third-order valence-electron chi connectivity index (χ3n) is 2.79. The number of nitrogens with two attached hydrogens (primary N) is 1. The quantitative estimate of drug-likeness (QED) is 0.795. The minimum Gasteiger partial charge on any atom is -0.376 e. The Bertz CT molecular complexity index is 492. The van der Waals surface area contributed by atoms with Crippen LogP contribution in [0, 0.1) is 8.98 Å². The number of hydrogen-bond acceptors (Lipinski definition) is 3. The second-order valence-electron chi connectivity index (χ2n) is 4.07. The molecule has 1 atom stereocenters. The van der Waals surface area contributed by atoms with E-state index in [-0.39, 0.29) is 17.2 Å². The van der Waals surface area contributed by atoms with Gasteiger partial charge in [-0.15, -0.1) is 0 Å². The zero-order chi connectivity index (χ0) is 12.4. The van der Waals surface area contributed by atoms with Crippen LogP contribution in [0.2, 0.25) is 0 Å². The number of halogens is 1. The third kappa shape index (κ3) is 2.86. The summed E-state index contributed by atoms with van der Waals surface area (Å²) < 4.78 is 8.16. The van der Waals surface area contributed by atoms with Crippen LogP contribution in [-0.4, -0.2) is 23.2 Å². The van der Waals surface area contributed by atoms with Crippen LogP contribution in [0.1, 0.15) is 23.2 Å². The zero-order valence-electron chi connectivity index (χ0n) is 9.28. The topological polar surface area (TPSA) is 81.1 Å². The SMILES string of the molecule is N=c1c(C(N)=O)cc(I)cn1CC1CCCO1.